The quantitative estimate of drug-likeness (QED) is 0.320. The van der Waals surface area contributed by atoms with Crippen LogP contribution in [0.2, 0.25) is 10.0 Å². The maximum Gasteiger partial charge on any atom is 0.405 e. The molecule has 12 heteroatoms. The van der Waals surface area contributed by atoms with E-state index in [0.29, 0.717) is 5.56 Å². The molecule has 0 heterocycles. The molecule has 2 aromatic carbocycles. The molecule has 0 fully saturated rings. The number of amides is 2. The summed E-state index contributed by atoms with van der Waals surface area (Å²) in [6, 6.07) is 7.40. The average Bonchev–Trinajstić information content (AvgIpc) is 2.73. The highest BCUT2D eigenvalue weighted by Gasteiger charge is 2.33. The SMILES string of the molecule is C[C@@H](NC(=O)c1ccc(/C=C/C(c2ccc(Cl)c(Cl)c2)C(C)(F)F)cc1Br)C(=O)NCC(F)(F)F. The van der Waals surface area contributed by atoms with E-state index in [-0.39, 0.29) is 25.6 Å². The second-order valence-corrected chi connectivity index (χ2v) is 9.40. The molecular weight excluding hydrogens is 582 g/mol. The summed E-state index contributed by atoms with van der Waals surface area (Å²) in [5.74, 6) is -6.14. The first-order chi connectivity index (χ1) is 16.1. The largest absolute Gasteiger partial charge is 0.405 e. The molecule has 0 aliphatic rings. The van der Waals surface area contributed by atoms with E-state index in [1.807, 2.05) is 0 Å². The van der Waals surface area contributed by atoms with Gasteiger partial charge in [0, 0.05) is 11.4 Å². The van der Waals surface area contributed by atoms with Crippen LogP contribution in [0.5, 0.6) is 0 Å². The fraction of sp³-hybridized carbons (Fsp3) is 0.304. The van der Waals surface area contributed by atoms with Gasteiger partial charge < -0.3 is 10.6 Å². The van der Waals surface area contributed by atoms with Crippen LogP contribution in [-0.4, -0.2) is 36.5 Å². The van der Waals surface area contributed by atoms with Gasteiger partial charge in [-0.25, -0.2) is 8.78 Å². The Hall–Kier alpha value is -2.17. The van der Waals surface area contributed by atoms with Gasteiger partial charge in [-0.1, -0.05) is 47.5 Å². The van der Waals surface area contributed by atoms with Crippen molar-refractivity contribution in [3.8, 4) is 0 Å². The fourth-order valence-electron chi connectivity index (χ4n) is 2.99. The number of benzene rings is 2. The highest BCUT2D eigenvalue weighted by molar-refractivity contribution is 9.10. The van der Waals surface area contributed by atoms with E-state index in [9.17, 15) is 31.5 Å². The van der Waals surface area contributed by atoms with Crippen molar-refractivity contribution in [2.24, 2.45) is 0 Å². The predicted octanol–water partition coefficient (Wildman–Crippen LogP) is 7.00. The highest BCUT2D eigenvalue weighted by Crippen LogP contribution is 2.37. The molecular formula is C23H20BrCl2F5N2O2. The number of rotatable bonds is 8. The molecule has 2 atom stereocenters. The number of hydrogen-bond acceptors (Lipinski definition) is 2. The molecule has 0 radical (unpaired) electrons. The van der Waals surface area contributed by atoms with Crippen molar-refractivity contribution in [2.45, 2.75) is 37.9 Å². The molecule has 0 aromatic heterocycles. The minimum Gasteiger partial charge on any atom is -0.345 e. The zero-order valence-electron chi connectivity index (χ0n) is 18.3. The number of carbonyl (C=O) groups excluding carboxylic acids is 2. The van der Waals surface area contributed by atoms with E-state index in [2.05, 4.69) is 21.2 Å². The van der Waals surface area contributed by atoms with Gasteiger partial charge in [0.1, 0.15) is 12.6 Å². The van der Waals surface area contributed by atoms with Gasteiger partial charge in [0.05, 0.1) is 21.5 Å². The van der Waals surface area contributed by atoms with Crippen LogP contribution in [-0.2, 0) is 4.79 Å². The smallest absolute Gasteiger partial charge is 0.345 e. The van der Waals surface area contributed by atoms with Crippen LogP contribution in [0.15, 0.2) is 46.9 Å². The second kappa shape index (κ2) is 11.7. The van der Waals surface area contributed by atoms with Crippen LogP contribution in [0, 0.1) is 0 Å². The number of nitrogens with one attached hydrogen (secondary N) is 2. The monoisotopic (exact) mass is 600 g/mol. The number of hydrogen-bond donors (Lipinski definition) is 2. The van der Waals surface area contributed by atoms with Gasteiger partial charge >= 0.3 is 6.18 Å². The third-order valence-electron chi connectivity index (χ3n) is 4.77. The number of halogens is 8. The molecule has 0 aliphatic carbocycles. The van der Waals surface area contributed by atoms with E-state index in [0.717, 1.165) is 6.92 Å². The van der Waals surface area contributed by atoms with Crippen molar-refractivity contribution in [3.05, 3.63) is 73.7 Å². The standard InChI is InChI=1S/C23H20BrCl2F5N2O2/c1-12(20(34)32-11-23(29,30)31)33-21(35)15-6-3-13(9-17(15)24)4-7-16(22(2,27)28)14-5-8-18(25)19(26)10-14/h3-10,12,16H,11H2,1-2H3,(H,32,34)(H,33,35)/b7-4+/t12-,16?/m1/s1. The first-order valence-electron chi connectivity index (χ1n) is 10.0. The Balaban J connectivity index is 2.16. The Morgan fingerprint density at radius 3 is 2.26 bits per heavy atom. The summed E-state index contributed by atoms with van der Waals surface area (Å²) in [5.41, 5.74) is 0.842. The minimum atomic E-state index is -4.58. The van der Waals surface area contributed by atoms with Crippen molar-refractivity contribution in [3.63, 3.8) is 0 Å². The van der Waals surface area contributed by atoms with Crippen LogP contribution in [0.1, 0.15) is 41.3 Å². The van der Waals surface area contributed by atoms with Gasteiger partial charge in [-0.15, -0.1) is 0 Å². The second-order valence-electron chi connectivity index (χ2n) is 7.73. The molecule has 0 saturated carbocycles. The Bertz CT molecular complexity index is 1120. The summed E-state index contributed by atoms with van der Waals surface area (Å²) in [7, 11) is 0. The molecule has 0 bridgehead atoms. The summed E-state index contributed by atoms with van der Waals surface area (Å²) < 4.78 is 65.6. The van der Waals surface area contributed by atoms with Crippen LogP contribution in [0.4, 0.5) is 22.0 Å². The molecule has 2 N–H and O–H groups in total. The number of alkyl halides is 5. The van der Waals surface area contributed by atoms with Crippen molar-refractivity contribution in [1.29, 1.82) is 0 Å². The summed E-state index contributed by atoms with van der Waals surface area (Å²) in [4.78, 5) is 24.2. The Kier molecular flexibility index (Phi) is 9.72. The van der Waals surface area contributed by atoms with Crippen molar-refractivity contribution >= 4 is 57.0 Å². The van der Waals surface area contributed by atoms with Crippen molar-refractivity contribution in [2.75, 3.05) is 6.54 Å². The maximum atomic E-state index is 14.3. The van der Waals surface area contributed by atoms with Gasteiger partial charge in [-0.2, -0.15) is 13.2 Å². The molecule has 1 unspecified atom stereocenters. The number of allylic oxidation sites excluding steroid dienone is 1. The van der Waals surface area contributed by atoms with Crippen LogP contribution < -0.4 is 10.6 Å². The number of carbonyl (C=O) groups is 2. The van der Waals surface area contributed by atoms with E-state index in [1.165, 1.54) is 55.5 Å². The molecule has 0 aliphatic heterocycles. The predicted molar refractivity (Wildman–Crippen MR) is 129 cm³/mol. The van der Waals surface area contributed by atoms with Crippen LogP contribution in [0.3, 0.4) is 0 Å². The van der Waals surface area contributed by atoms with Crippen LogP contribution >= 0.6 is 39.1 Å². The normalized spacial score (nSPS) is 14.0. The third-order valence-corrected chi connectivity index (χ3v) is 6.17. The lowest BCUT2D eigenvalue weighted by Gasteiger charge is -2.21. The Labute approximate surface area is 217 Å². The highest BCUT2D eigenvalue weighted by atomic mass is 79.9. The summed E-state index contributed by atoms with van der Waals surface area (Å²) in [5, 5.41) is 4.37. The molecule has 0 saturated heterocycles. The van der Waals surface area contributed by atoms with E-state index >= 15 is 0 Å². The Morgan fingerprint density at radius 1 is 1.06 bits per heavy atom. The maximum absolute atomic E-state index is 14.3. The molecule has 35 heavy (non-hydrogen) atoms. The van der Waals surface area contributed by atoms with Crippen LogP contribution in [0.25, 0.3) is 6.08 Å². The molecule has 190 valence electrons. The summed E-state index contributed by atoms with van der Waals surface area (Å²) >= 11 is 15.1. The lowest BCUT2D eigenvalue weighted by atomic mass is 9.92. The zero-order chi connectivity index (χ0) is 26.6. The molecule has 4 nitrogen and oxygen atoms in total. The molecule has 0 spiro atoms. The first kappa shape index (κ1) is 29.1. The lowest BCUT2D eigenvalue weighted by molar-refractivity contribution is -0.139. The van der Waals surface area contributed by atoms with Gasteiger partial charge in [0.15, 0.2) is 0 Å². The van der Waals surface area contributed by atoms with Gasteiger partial charge in [0.25, 0.3) is 11.8 Å². The van der Waals surface area contributed by atoms with Gasteiger partial charge in [0.2, 0.25) is 5.91 Å². The third kappa shape index (κ3) is 8.77. The van der Waals surface area contributed by atoms with Crippen molar-refractivity contribution in [1.82, 2.24) is 10.6 Å². The van der Waals surface area contributed by atoms with E-state index in [1.54, 1.807) is 5.32 Å². The van der Waals surface area contributed by atoms with E-state index < -0.39 is 42.4 Å². The summed E-state index contributed by atoms with van der Waals surface area (Å²) in [6.07, 6.45) is -1.83. The average molecular weight is 602 g/mol. The fourth-order valence-corrected chi connectivity index (χ4v) is 3.87. The molecule has 2 aromatic rings. The summed E-state index contributed by atoms with van der Waals surface area (Å²) in [6.45, 7) is 0.499. The molecule has 2 amide bonds. The minimum absolute atomic E-state index is 0.0967. The van der Waals surface area contributed by atoms with Gasteiger partial charge in [-0.3, -0.25) is 9.59 Å². The van der Waals surface area contributed by atoms with Gasteiger partial charge in [-0.05, 0) is 58.2 Å². The van der Waals surface area contributed by atoms with E-state index in [4.69, 9.17) is 23.2 Å². The van der Waals surface area contributed by atoms with Crippen molar-refractivity contribution < 1.29 is 31.5 Å². The topological polar surface area (TPSA) is 58.2 Å². The molecule has 2 rings (SSSR count). The Morgan fingerprint density at radius 2 is 1.71 bits per heavy atom. The zero-order valence-corrected chi connectivity index (χ0v) is 21.4. The first-order valence-corrected chi connectivity index (χ1v) is 11.6. The lowest BCUT2D eigenvalue weighted by Crippen LogP contribution is -2.47.